The largest absolute Gasteiger partial charge is 0.505 e. The zero-order chi connectivity index (χ0) is 105. The topological polar surface area (TPSA) is 509 Å². The number of nitrogens with one attached hydrogen (secondary N) is 1. The van der Waals surface area contributed by atoms with Crippen molar-refractivity contribution in [3.63, 3.8) is 0 Å². The van der Waals surface area contributed by atoms with Crippen LogP contribution >= 0.6 is 48.8 Å². The highest BCUT2D eigenvalue weighted by molar-refractivity contribution is 9.10. The van der Waals surface area contributed by atoms with Crippen LogP contribution in [0.4, 0.5) is 49.4 Å². The van der Waals surface area contributed by atoms with Gasteiger partial charge in [0.05, 0.1) is 105 Å². The van der Waals surface area contributed by atoms with Gasteiger partial charge in [-0.15, -0.1) is 17.0 Å². The van der Waals surface area contributed by atoms with Crippen molar-refractivity contribution in [2.45, 2.75) is 201 Å². The number of benzene rings is 8. The normalized spacial score (nSPS) is 14.6. The van der Waals surface area contributed by atoms with Crippen LogP contribution in [0.3, 0.4) is 0 Å². The number of nitro groups is 3. The standard InChI is InChI=1S/C21H32N2O4.C15H18N2O.C13H18BNO5.C12H9NO6.C12H11NO4.C11H13Br.C11H9NO4.C7H6BrNO3.BrH/c1-19(2,3)26-17(24)22-23(18(25)27-20(4,5)6)15-10-9-14-11-12-21(7,8)16(14)13-15;1-10-8-14(18)17(16-10)12-5-4-11-6-7-15(2,3)13(11)9-12;1-12(2)13(3,4)20-14(19-12)9-7-6-8-10(15(16)17)11(9)18-5;1-18-11-7(3-2-4-8(11)13(16)17)9-5-6-10(19-9)12(14)15;1-16-11-7(3-2-4-8(11)13)9-5-6-10(17-9)12(14)15;1-11(2)6-5-8-3-4-9(12)7-10(8)11;12-7-3-1-2-6(10(7)13)8-4-5-9(16-8)11(14)15;1-12-7-5(8)3-2-4-6(7)9(10)11;/h9-10,13H,11-12H2,1-8H3,(H,22,24);4-5,9H,6-8H2,1-3H3;6-8H,1-5H3;2-6H,1H3,(H,14,15);2-6H,13H2,1H3,(H,14,15);3-4,7H,5-6H2,1-2H3;1-5,13H,12H2,(H,14,15);2-4H,1H3;1H. The number of para-hydroxylation sites is 5. The maximum absolute atomic E-state index is 12.8. The third kappa shape index (κ3) is 28.4. The number of carboxylic acids is 3. The minimum Gasteiger partial charge on any atom is -0.505 e. The molecule has 0 saturated carbocycles. The first kappa shape index (κ1) is 113. The van der Waals surface area contributed by atoms with Gasteiger partial charge in [0, 0.05) is 33.8 Å². The Labute approximate surface area is 848 Å². The van der Waals surface area contributed by atoms with Gasteiger partial charge in [-0.2, -0.15) is 10.1 Å². The minimum absolute atomic E-state index is 0. The molecule has 11 aromatic rings. The van der Waals surface area contributed by atoms with E-state index in [1.165, 1.54) is 140 Å². The molecule has 1 saturated heterocycles. The van der Waals surface area contributed by atoms with Crippen LogP contribution in [0.5, 0.6) is 28.7 Å². The van der Waals surface area contributed by atoms with E-state index in [0.29, 0.717) is 61.3 Å². The fourth-order valence-electron chi connectivity index (χ4n) is 15.4. The first-order chi connectivity index (χ1) is 65.9. The van der Waals surface area contributed by atoms with E-state index >= 15 is 0 Å². The predicted molar refractivity (Wildman–Crippen MR) is 551 cm³/mol. The summed E-state index contributed by atoms with van der Waals surface area (Å²) in [6.07, 6.45) is 5.99. The van der Waals surface area contributed by atoms with E-state index in [4.69, 9.17) is 77.8 Å². The molecule has 756 valence electrons. The van der Waals surface area contributed by atoms with Crippen LogP contribution in [-0.4, -0.2) is 135 Å². The molecule has 2 aliphatic heterocycles. The number of nitrogens with zero attached hydrogens (tertiary/aromatic N) is 6. The number of anilines is 4. The van der Waals surface area contributed by atoms with Crippen molar-refractivity contribution in [3.8, 4) is 62.7 Å². The average molecular weight is 2150 g/mol. The number of furan rings is 3. The number of ether oxygens (including phenoxy) is 6. The number of halogens is 3. The summed E-state index contributed by atoms with van der Waals surface area (Å²) < 4.78 is 59.9. The maximum atomic E-state index is 12.8. The first-order valence-corrected chi connectivity index (χ1v) is 45.9. The van der Waals surface area contributed by atoms with Crippen molar-refractivity contribution in [2.75, 3.05) is 49.9 Å². The number of nitro benzene ring substituents is 3. The number of phenols is 1. The fourth-order valence-corrected chi connectivity index (χ4v) is 16.3. The van der Waals surface area contributed by atoms with Crippen LogP contribution < -0.4 is 51.3 Å². The summed E-state index contributed by atoms with van der Waals surface area (Å²) in [6, 6.07) is 50.8. The van der Waals surface area contributed by atoms with Gasteiger partial charge in [0.25, 0.3) is 5.91 Å². The molecule has 0 spiro atoms. The van der Waals surface area contributed by atoms with Gasteiger partial charge in [-0.05, 0) is 289 Å². The number of carbonyl (C=O) groups is 6. The number of carbonyl (C=O) groups excluding carboxylic acids is 3. The molecule has 5 aliphatic rings. The molecular formula is C102H117BBr3N9O27. The number of hydrogen-bond acceptors (Lipinski definition) is 27. The summed E-state index contributed by atoms with van der Waals surface area (Å²) in [4.78, 5) is 99.8. The minimum atomic E-state index is -1.21. The highest BCUT2D eigenvalue weighted by atomic mass is 79.9. The molecule has 0 radical (unpaired) electrons. The zero-order valence-corrected chi connectivity index (χ0v) is 87.4. The van der Waals surface area contributed by atoms with Gasteiger partial charge in [0.15, 0.2) is 11.5 Å². The summed E-state index contributed by atoms with van der Waals surface area (Å²) in [5.41, 5.74) is 24.9. The highest BCUT2D eigenvalue weighted by Gasteiger charge is 2.53. The van der Waals surface area contributed by atoms with Crippen molar-refractivity contribution < 1.29 is 115 Å². The van der Waals surface area contributed by atoms with E-state index in [1.807, 2.05) is 58.9 Å². The SMILES string of the molecule is Br.CC(C)(C)OC(=O)NN(C(=O)OC(C)(C)C)c1ccc2c(c1)C(C)(C)CC2.CC1(C)CCc2ccc(Br)cc21.CC1=NN(c2ccc3c(c2)C(C)(C)CC3)C(=O)C1.COc1c(-c2ccc(C(=O)O)o2)cccc1[N+](=O)[O-].COc1c(B2OC(C)(C)C(C)(C)O2)cccc1[N+](=O)[O-].COc1c(Br)cccc1[N+](=O)[O-].COc1c(N)cccc1-c1ccc(C(=O)O)o1.Nc1cccc(-c2ccc(C(=O)O)o2)c1O. The van der Waals surface area contributed by atoms with Gasteiger partial charge >= 0.3 is 54.3 Å². The second-order valence-corrected chi connectivity index (χ2v) is 39.5. The molecule has 16 rings (SSSR count). The monoisotopic (exact) mass is 2150 g/mol. The molecule has 0 atom stereocenters. The van der Waals surface area contributed by atoms with Crippen molar-refractivity contribution in [1.29, 1.82) is 0 Å². The number of hydrazone groups is 1. The third-order valence-electron chi connectivity index (χ3n) is 23.3. The van der Waals surface area contributed by atoms with Crippen LogP contribution in [0, 0.1) is 30.3 Å². The van der Waals surface area contributed by atoms with Gasteiger partial charge in [-0.25, -0.2) is 34.4 Å². The van der Waals surface area contributed by atoms with Crippen LogP contribution in [0.15, 0.2) is 209 Å². The quantitative estimate of drug-likeness (QED) is 0.0155. The van der Waals surface area contributed by atoms with Crippen LogP contribution in [0.1, 0.15) is 208 Å². The zero-order valence-electron chi connectivity index (χ0n) is 82.5. The lowest BCUT2D eigenvalue weighted by Crippen LogP contribution is -2.50. The molecule has 5 heterocycles. The Hall–Kier alpha value is -14.1. The molecule has 3 aliphatic carbocycles. The Morgan fingerprint density at radius 3 is 1.32 bits per heavy atom. The number of nitrogens with two attached hydrogens (primary N) is 2. The molecule has 3 aromatic heterocycles. The number of aryl methyl sites for hydroxylation is 3. The Balaban J connectivity index is 0.000000200. The molecule has 142 heavy (non-hydrogen) atoms. The summed E-state index contributed by atoms with van der Waals surface area (Å²) in [5.74, 6) is -2.28. The number of carboxylic acid groups (broad SMARTS) is 3. The first-order valence-electron chi connectivity index (χ1n) is 44.3. The van der Waals surface area contributed by atoms with E-state index in [2.05, 4.69) is 114 Å². The van der Waals surface area contributed by atoms with E-state index in [1.54, 1.807) is 119 Å². The number of phenolic OH excluding ortho intramolecular Hbond substituents is 1. The molecule has 0 bridgehead atoms. The molecule has 3 amide bonds. The number of fused-ring (bicyclic) bond motifs is 3. The van der Waals surface area contributed by atoms with Crippen molar-refractivity contribution >= 4 is 143 Å². The fraction of sp³-hybridized carbons (Fsp3) is 0.343. The van der Waals surface area contributed by atoms with Crippen LogP contribution in [0.25, 0.3) is 34.0 Å². The van der Waals surface area contributed by atoms with E-state index in [9.17, 15) is 64.2 Å². The lowest BCUT2D eigenvalue weighted by molar-refractivity contribution is -0.385. The summed E-state index contributed by atoms with van der Waals surface area (Å²) in [7, 11) is 4.91. The third-order valence-corrected chi connectivity index (χ3v) is 24.5. The Kier molecular flexibility index (Phi) is 37.5. The lowest BCUT2D eigenvalue weighted by Gasteiger charge is -2.32. The molecule has 0 unspecified atom stereocenters. The van der Waals surface area contributed by atoms with Crippen LogP contribution in [-0.2, 0) is 59.1 Å². The number of nitrogen functional groups attached to an aromatic ring is 2. The Bertz CT molecular complexity index is 6490. The molecule has 8 aromatic carbocycles. The number of amides is 3. The second-order valence-electron chi connectivity index (χ2n) is 37.8. The van der Waals surface area contributed by atoms with Gasteiger partial charge in [0.2, 0.25) is 28.8 Å². The number of hydrazine groups is 1. The second kappa shape index (κ2) is 47.0. The highest BCUT2D eigenvalue weighted by Crippen LogP contribution is 2.47. The smallest absolute Gasteiger partial charge is 0.498 e. The van der Waals surface area contributed by atoms with Gasteiger partial charge in [-0.1, -0.05) is 112 Å². The molecular weight excluding hydrogens is 2030 g/mol. The number of rotatable bonds is 16. The molecule has 40 heteroatoms. The average Bonchev–Trinajstić information content (AvgIpc) is 1.61. The Morgan fingerprint density at radius 2 is 0.894 bits per heavy atom. The molecule has 9 N–H and O–H groups in total. The van der Waals surface area contributed by atoms with Gasteiger partial charge < -0.3 is 82.9 Å². The summed E-state index contributed by atoms with van der Waals surface area (Å²) in [6.45, 7) is 33.8. The maximum Gasteiger partial charge on any atom is 0.498 e. The van der Waals surface area contributed by atoms with Crippen molar-refractivity contribution in [3.05, 3.63) is 272 Å². The summed E-state index contributed by atoms with van der Waals surface area (Å²) in [5, 5.41) is 75.3. The summed E-state index contributed by atoms with van der Waals surface area (Å²) >= 11 is 6.66. The number of methoxy groups -OCH3 is 4. The van der Waals surface area contributed by atoms with E-state index in [-0.39, 0.29) is 108 Å². The number of aromatic carboxylic acids is 3. The molecule has 36 nitrogen and oxygen atoms in total. The van der Waals surface area contributed by atoms with E-state index in [0.717, 1.165) is 35.7 Å². The number of aromatic hydroxyl groups is 1. The number of hydrogen-bond donors (Lipinski definition) is 7. The van der Waals surface area contributed by atoms with Crippen molar-refractivity contribution in [2.24, 2.45) is 5.10 Å². The van der Waals surface area contributed by atoms with E-state index < -0.39 is 74.4 Å². The molecule has 1 fully saturated rings. The Morgan fingerprint density at radius 1 is 0.500 bits per heavy atom. The van der Waals surface area contributed by atoms with Crippen molar-refractivity contribution in [1.82, 2.24) is 5.43 Å². The lowest BCUT2D eigenvalue weighted by atomic mass is 9.78. The van der Waals surface area contributed by atoms with Gasteiger partial charge in [-0.3, -0.25) is 35.1 Å². The predicted octanol–water partition coefficient (Wildman–Crippen LogP) is 23.4. The van der Waals surface area contributed by atoms with Crippen LogP contribution in [0.2, 0.25) is 0 Å². The van der Waals surface area contributed by atoms with Gasteiger partial charge in [0.1, 0.15) is 34.2 Å².